The molecule has 4 rings (SSSR count). The molecule has 26 heavy (non-hydrogen) atoms. The van der Waals surface area contributed by atoms with E-state index in [-0.39, 0.29) is 17.2 Å². The Labute approximate surface area is 145 Å². The number of hydrogen-bond acceptors (Lipinski definition) is 2. The molecule has 0 bridgehead atoms. The standard InChI is InChI=1S/C19H11F4N3/c20-15-8-4-7-13(9-15)18-25-24-17-11-14(19(21,22)23)10-16(26(17)18)12-5-2-1-3-6-12/h1-11H. The summed E-state index contributed by atoms with van der Waals surface area (Å²) >= 11 is 0. The van der Waals surface area contributed by atoms with Crippen molar-refractivity contribution < 1.29 is 17.6 Å². The summed E-state index contributed by atoms with van der Waals surface area (Å²) in [6.45, 7) is 0. The summed E-state index contributed by atoms with van der Waals surface area (Å²) in [5.74, 6) is -0.195. The number of halogens is 4. The highest BCUT2D eigenvalue weighted by Crippen LogP contribution is 2.35. The summed E-state index contributed by atoms with van der Waals surface area (Å²) < 4.78 is 55.0. The van der Waals surface area contributed by atoms with Gasteiger partial charge in [0.25, 0.3) is 0 Å². The maximum Gasteiger partial charge on any atom is 0.416 e. The monoisotopic (exact) mass is 357 g/mol. The van der Waals surface area contributed by atoms with Crippen LogP contribution in [0.15, 0.2) is 66.7 Å². The van der Waals surface area contributed by atoms with E-state index in [1.165, 1.54) is 22.6 Å². The van der Waals surface area contributed by atoms with Crippen LogP contribution in [0.3, 0.4) is 0 Å². The average Bonchev–Trinajstić information content (AvgIpc) is 3.05. The quantitative estimate of drug-likeness (QED) is 0.460. The fraction of sp³-hybridized carbons (Fsp3) is 0.0526. The lowest BCUT2D eigenvalue weighted by atomic mass is 10.1. The summed E-state index contributed by atoms with van der Waals surface area (Å²) in [4.78, 5) is 0. The number of rotatable bonds is 2. The van der Waals surface area contributed by atoms with Crippen molar-refractivity contribution in [3.63, 3.8) is 0 Å². The molecule has 0 saturated carbocycles. The molecule has 0 unspecified atom stereocenters. The fourth-order valence-electron chi connectivity index (χ4n) is 2.82. The summed E-state index contributed by atoms with van der Waals surface area (Å²) in [7, 11) is 0. The third-order valence-corrected chi connectivity index (χ3v) is 3.99. The van der Waals surface area contributed by atoms with Crippen molar-refractivity contribution in [2.24, 2.45) is 0 Å². The lowest BCUT2D eigenvalue weighted by Crippen LogP contribution is -2.07. The lowest BCUT2D eigenvalue weighted by Gasteiger charge is -2.13. The van der Waals surface area contributed by atoms with Crippen molar-refractivity contribution in [3.8, 4) is 22.6 Å². The van der Waals surface area contributed by atoms with Gasteiger partial charge >= 0.3 is 6.18 Å². The zero-order valence-corrected chi connectivity index (χ0v) is 13.2. The molecule has 130 valence electrons. The Balaban J connectivity index is 2.06. The topological polar surface area (TPSA) is 30.2 Å². The van der Waals surface area contributed by atoms with Gasteiger partial charge in [0.2, 0.25) is 0 Å². The van der Waals surface area contributed by atoms with Gasteiger partial charge in [-0.05, 0) is 29.8 Å². The van der Waals surface area contributed by atoms with Gasteiger partial charge in [0.1, 0.15) is 5.82 Å². The second-order valence-electron chi connectivity index (χ2n) is 5.72. The van der Waals surface area contributed by atoms with E-state index in [1.54, 1.807) is 36.4 Å². The predicted octanol–water partition coefficient (Wildman–Crippen LogP) is 5.22. The number of aromatic nitrogens is 3. The molecule has 0 atom stereocenters. The molecular weight excluding hydrogens is 346 g/mol. The second kappa shape index (κ2) is 5.94. The van der Waals surface area contributed by atoms with Crippen LogP contribution in [0.25, 0.3) is 28.3 Å². The van der Waals surface area contributed by atoms with Crippen LogP contribution >= 0.6 is 0 Å². The number of benzene rings is 2. The first-order valence-electron chi connectivity index (χ1n) is 7.71. The van der Waals surface area contributed by atoms with E-state index < -0.39 is 17.6 Å². The Kier molecular flexibility index (Phi) is 3.72. The first kappa shape index (κ1) is 16.3. The van der Waals surface area contributed by atoms with Crippen LogP contribution in [-0.4, -0.2) is 14.6 Å². The fourth-order valence-corrected chi connectivity index (χ4v) is 2.82. The van der Waals surface area contributed by atoms with Gasteiger partial charge in [0.15, 0.2) is 11.5 Å². The van der Waals surface area contributed by atoms with E-state index in [1.807, 2.05) is 0 Å². The number of fused-ring (bicyclic) bond motifs is 1. The Morgan fingerprint density at radius 1 is 0.769 bits per heavy atom. The van der Waals surface area contributed by atoms with Crippen molar-refractivity contribution in [2.45, 2.75) is 6.18 Å². The Hall–Kier alpha value is -3.22. The average molecular weight is 357 g/mol. The highest BCUT2D eigenvalue weighted by molar-refractivity contribution is 5.70. The van der Waals surface area contributed by atoms with E-state index in [0.29, 0.717) is 11.1 Å². The SMILES string of the molecule is Fc1cccc(-c2nnc3cc(C(F)(F)F)cc(-c4ccccc4)n23)c1. The first-order valence-corrected chi connectivity index (χ1v) is 7.71. The Morgan fingerprint density at radius 3 is 2.19 bits per heavy atom. The smallest absolute Gasteiger partial charge is 0.275 e. The number of hydrogen-bond donors (Lipinski definition) is 0. The van der Waals surface area contributed by atoms with Crippen LogP contribution < -0.4 is 0 Å². The van der Waals surface area contributed by atoms with Gasteiger partial charge in [-0.1, -0.05) is 42.5 Å². The van der Waals surface area contributed by atoms with Crippen LogP contribution in [0.5, 0.6) is 0 Å². The minimum Gasteiger partial charge on any atom is -0.275 e. The zero-order chi connectivity index (χ0) is 18.3. The van der Waals surface area contributed by atoms with Crippen LogP contribution in [0.1, 0.15) is 5.56 Å². The molecule has 0 spiro atoms. The summed E-state index contributed by atoms with van der Waals surface area (Å²) in [6.07, 6.45) is -4.52. The van der Waals surface area contributed by atoms with Crippen molar-refractivity contribution >= 4 is 5.65 Å². The van der Waals surface area contributed by atoms with Crippen LogP contribution in [0.2, 0.25) is 0 Å². The summed E-state index contributed by atoms with van der Waals surface area (Å²) in [5, 5.41) is 7.87. The van der Waals surface area contributed by atoms with E-state index in [2.05, 4.69) is 10.2 Å². The third kappa shape index (κ3) is 2.81. The van der Waals surface area contributed by atoms with E-state index in [4.69, 9.17) is 0 Å². The second-order valence-corrected chi connectivity index (χ2v) is 5.72. The normalized spacial score (nSPS) is 11.8. The number of pyridine rings is 1. The van der Waals surface area contributed by atoms with Gasteiger partial charge in [-0.15, -0.1) is 10.2 Å². The van der Waals surface area contributed by atoms with Crippen molar-refractivity contribution in [2.75, 3.05) is 0 Å². The van der Waals surface area contributed by atoms with E-state index in [0.717, 1.165) is 12.1 Å². The van der Waals surface area contributed by atoms with Crippen LogP contribution in [0.4, 0.5) is 17.6 Å². The largest absolute Gasteiger partial charge is 0.416 e. The van der Waals surface area contributed by atoms with Gasteiger partial charge < -0.3 is 0 Å². The maximum absolute atomic E-state index is 13.6. The van der Waals surface area contributed by atoms with E-state index >= 15 is 0 Å². The molecule has 0 fully saturated rings. The molecule has 2 heterocycles. The molecule has 0 amide bonds. The summed E-state index contributed by atoms with van der Waals surface area (Å²) in [6, 6.07) is 16.3. The number of nitrogens with zero attached hydrogens (tertiary/aromatic N) is 3. The number of alkyl halides is 3. The molecule has 7 heteroatoms. The zero-order valence-electron chi connectivity index (χ0n) is 13.2. The highest BCUT2D eigenvalue weighted by Gasteiger charge is 2.32. The Bertz CT molecular complexity index is 1090. The third-order valence-electron chi connectivity index (χ3n) is 3.99. The molecule has 0 aliphatic carbocycles. The highest BCUT2D eigenvalue weighted by atomic mass is 19.4. The van der Waals surface area contributed by atoms with Crippen molar-refractivity contribution in [3.05, 3.63) is 78.1 Å². The molecule has 0 radical (unpaired) electrons. The molecule has 3 nitrogen and oxygen atoms in total. The van der Waals surface area contributed by atoms with Crippen molar-refractivity contribution in [1.82, 2.24) is 14.6 Å². The lowest BCUT2D eigenvalue weighted by molar-refractivity contribution is -0.137. The van der Waals surface area contributed by atoms with Gasteiger partial charge in [0.05, 0.1) is 11.3 Å². The molecule has 2 aromatic carbocycles. The van der Waals surface area contributed by atoms with Gasteiger partial charge in [0, 0.05) is 5.56 Å². The van der Waals surface area contributed by atoms with Gasteiger partial charge in [-0.3, -0.25) is 4.40 Å². The maximum atomic E-state index is 13.6. The first-order chi connectivity index (χ1) is 12.4. The van der Waals surface area contributed by atoms with Gasteiger partial charge in [-0.2, -0.15) is 13.2 Å². The molecule has 0 N–H and O–H groups in total. The summed E-state index contributed by atoms with van der Waals surface area (Å²) in [5.41, 5.74) is 0.496. The molecule has 2 aromatic heterocycles. The van der Waals surface area contributed by atoms with Gasteiger partial charge in [-0.25, -0.2) is 4.39 Å². The molecule has 0 aliphatic heterocycles. The molecule has 0 aliphatic rings. The van der Waals surface area contributed by atoms with E-state index in [9.17, 15) is 17.6 Å². The van der Waals surface area contributed by atoms with Crippen LogP contribution in [-0.2, 0) is 6.18 Å². The van der Waals surface area contributed by atoms with Crippen molar-refractivity contribution in [1.29, 1.82) is 0 Å². The minimum atomic E-state index is -4.52. The Morgan fingerprint density at radius 2 is 1.50 bits per heavy atom. The van der Waals surface area contributed by atoms with Crippen LogP contribution in [0, 0.1) is 5.82 Å². The molecular formula is C19H11F4N3. The predicted molar refractivity (Wildman–Crippen MR) is 88.8 cm³/mol. The molecule has 4 aromatic rings. The minimum absolute atomic E-state index is 0.0398. The molecule has 0 saturated heterocycles.